The Morgan fingerprint density at radius 3 is 2.44 bits per heavy atom. The van der Waals surface area contributed by atoms with Gasteiger partial charge in [0.15, 0.2) is 0 Å². The van der Waals surface area contributed by atoms with Crippen molar-refractivity contribution in [3.63, 3.8) is 0 Å². The molecular weight excluding hydrogens is 232 g/mol. The molecule has 3 heterocycles. The fourth-order valence-corrected chi connectivity index (χ4v) is 3.06. The lowest BCUT2D eigenvalue weighted by Gasteiger charge is -2.19. The molecule has 1 aromatic heterocycles. The fraction of sp³-hybridized carbons (Fsp3) is 0.538. The highest BCUT2D eigenvalue weighted by atomic mass is 16.4. The third-order valence-corrected chi connectivity index (χ3v) is 3.90. The summed E-state index contributed by atoms with van der Waals surface area (Å²) in [4.78, 5) is 27.3. The lowest BCUT2D eigenvalue weighted by atomic mass is 10.0. The smallest absolute Gasteiger partial charge is 0.335 e. The molecule has 96 valence electrons. The number of carbonyl (C=O) groups excluding carboxylic acids is 1. The molecule has 5 heteroatoms. The molecule has 2 fully saturated rings. The minimum Gasteiger partial charge on any atom is -0.430 e. The summed E-state index contributed by atoms with van der Waals surface area (Å²) in [5, 5.41) is 0. The molecule has 3 rings (SSSR count). The Hall–Kier alpha value is -1.62. The van der Waals surface area contributed by atoms with Crippen molar-refractivity contribution in [2.24, 2.45) is 11.8 Å². The Balaban J connectivity index is 1.72. The van der Waals surface area contributed by atoms with Crippen molar-refractivity contribution in [1.82, 2.24) is 9.80 Å². The fourth-order valence-electron chi connectivity index (χ4n) is 3.06. The maximum Gasteiger partial charge on any atom is 0.335 e. The van der Waals surface area contributed by atoms with Gasteiger partial charge in [0.25, 0.3) is 5.91 Å². The molecule has 2 saturated heterocycles. The van der Waals surface area contributed by atoms with Gasteiger partial charge < -0.3 is 14.2 Å². The van der Waals surface area contributed by atoms with Crippen LogP contribution in [0, 0.1) is 11.8 Å². The second-order valence-corrected chi connectivity index (χ2v) is 5.29. The molecule has 1 aromatic rings. The molecule has 0 N–H and O–H groups in total. The van der Waals surface area contributed by atoms with Gasteiger partial charge in [0.1, 0.15) is 6.26 Å². The van der Waals surface area contributed by atoms with E-state index >= 15 is 0 Å². The SMILES string of the molecule is CN1CC2CN(C(=O)c3ccc(=O)oc3)CC2C1. The van der Waals surface area contributed by atoms with Crippen LogP contribution in [0.15, 0.2) is 27.6 Å². The van der Waals surface area contributed by atoms with Crippen LogP contribution in [0.1, 0.15) is 10.4 Å². The number of amides is 1. The minimum atomic E-state index is -0.425. The highest BCUT2D eigenvalue weighted by Gasteiger charge is 2.40. The van der Waals surface area contributed by atoms with Crippen LogP contribution in [-0.4, -0.2) is 48.9 Å². The number of rotatable bonds is 1. The van der Waals surface area contributed by atoms with E-state index in [1.807, 2.05) is 4.90 Å². The molecule has 0 saturated carbocycles. The molecule has 2 unspecified atom stereocenters. The predicted molar refractivity (Wildman–Crippen MR) is 65.4 cm³/mol. The van der Waals surface area contributed by atoms with E-state index in [1.54, 1.807) is 0 Å². The highest BCUT2D eigenvalue weighted by Crippen LogP contribution is 2.30. The van der Waals surface area contributed by atoms with E-state index in [-0.39, 0.29) is 5.91 Å². The first kappa shape index (κ1) is 11.5. The summed E-state index contributed by atoms with van der Waals surface area (Å²) in [5.74, 6) is 1.15. The monoisotopic (exact) mass is 248 g/mol. The molecule has 0 aromatic carbocycles. The number of nitrogens with zero attached hydrogens (tertiary/aromatic N) is 2. The quantitative estimate of drug-likeness (QED) is 0.716. The van der Waals surface area contributed by atoms with Crippen molar-refractivity contribution in [3.05, 3.63) is 34.4 Å². The molecular formula is C13H16N2O3. The summed E-state index contributed by atoms with van der Waals surface area (Å²) in [6.07, 6.45) is 1.25. The first-order valence-electron chi connectivity index (χ1n) is 6.20. The van der Waals surface area contributed by atoms with Gasteiger partial charge in [-0.25, -0.2) is 4.79 Å². The van der Waals surface area contributed by atoms with Gasteiger partial charge in [0, 0.05) is 32.2 Å². The Kier molecular flexibility index (Phi) is 2.70. The molecule has 0 aliphatic carbocycles. The van der Waals surface area contributed by atoms with Crippen molar-refractivity contribution < 1.29 is 9.21 Å². The Morgan fingerprint density at radius 1 is 1.22 bits per heavy atom. The van der Waals surface area contributed by atoms with E-state index in [0.29, 0.717) is 17.4 Å². The number of fused-ring (bicyclic) bond motifs is 1. The molecule has 2 aliphatic heterocycles. The number of likely N-dealkylation sites (tertiary alicyclic amines) is 2. The van der Waals surface area contributed by atoms with Gasteiger partial charge >= 0.3 is 5.63 Å². The normalized spacial score (nSPS) is 27.5. The maximum atomic E-state index is 12.2. The Labute approximate surface area is 105 Å². The second-order valence-electron chi connectivity index (χ2n) is 5.29. The summed E-state index contributed by atoms with van der Waals surface area (Å²) in [6.45, 7) is 3.76. The van der Waals surface area contributed by atoms with Gasteiger partial charge in [-0.15, -0.1) is 0 Å². The van der Waals surface area contributed by atoms with E-state index in [0.717, 1.165) is 26.2 Å². The zero-order valence-electron chi connectivity index (χ0n) is 10.3. The molecule has 2 atom stereocenters. The van der Waals surface area contributed by atoms with Crippen molar-refractivity contribution in [1.29, 1.82) is 0 Å². The van der Waals surface area contributed by atoms with Crippen LogP contribution in [0.3, 0.4) is 0 Å². The predicted octanol–water partition coefficient (Wildman–Crippen LogP) is 0.273. The van der Waals surface area contributed by atoms with Crippen LogP contribution in [0.25, 0.3) is 0 Å². The van der Waals surface area contributed by atoms with Crippen molar-refractivity contribution in [3.8, 4) is 0 Å². The van der Waals surface area contributed by atoms with Gasteiger partial charge in [-0.2, -0.15) is 0 Å². The van der Waals surface area contributed by atoms with Gasteiger partial charge in [0.05, 0.1) is 5.56 Å². The molecule has 0 radical (unpaired) electrons. The minimum absolute atomic E-state index is 0.0317. The molecule has 0 bridgehead atoms. The summed E-state index contributed by atoms with van der Waals surface area (Å²) in [6, 6.07) is 2.83. The first-order valence-corrected chi connectivity index (χ1v) is 6.20. The van der Waals surface area contributed by atoms with Crippen LogP contribution in [0.4, 0.5) is 0 Å². The van der Waals surface area contributed by atoms with Gasteiger partial charge in [0.2, 0.25) is 0 Å². The average molecular weight is 248 g/mol. The standard InChI is InChI=1S/C13H16N2O3/c1-14-4-10-6-15(7-11(10)5-14)13(17)9-2-3-12(16)18-8-9/h2-3,8,10-11H,4-7H2,1H3. The van der Waals surface area contributed by atoms with E-state index in [9.17, 15) is 9.59 Å². The second kappa shape index (κ2) is 4.24. The third-order valence-electron chi connectivity index (χ3n) is 3.90. The number of carbonyl (C=O) groups is 1. The van der Waals surface area contributed by atoms with Crippen LogP contribution in [0.2, 0.25) is 0 Å². The van der Waals surface area contributed by atoms with Crippen LogP contribution in [0.5, 0.6) is 0 Å². The van der Waals surface area contributed by atoms with E-state index in [4.69, 9.17) is 4.42 Å². The van der Waals surface area contributed by atoms with Crippen LogP contribution >= 0.6 is 0 Å². The molecule has 2 aliphatic rings. The Bertz CT molecular complexity index is 491. The van der Waals surface area contributed by atoms with E-state index < -0.39 is 5.63 Å². The number of hydrogen-bond acceptors (Lipinski definition) is 4. The lowest BCUT2D eigenvalue weighted by Crippen LogP contribution is -2.32. The van der Waals surface area contributed by atoms with Gasteiger partial charge in [-0.05, 0) is 24.9 Å². The molecule has 18 heavy (non-hydrogen) atoms. The molecule has 5 nitrogen and oxygen atoms in total. The maximum absolute atomic E-state index is 12.2. The average Bonchev–Trinajstić information content (AvgIpc) is 2.86. The summed E-state index contributed by atoms with van der Waals surface area (Å²) >= 11 is 0. The Morgan fingerprint density at radius 2 is 1.89 bits per heavy atom. The largest absolute Gasteiger partial charge is 0.430 e. The zero-order chi connectivity index (χ0) is 12.7. The topological polar surface area (TPSA) is 53.8 Å². The number of hydrogen-bond donors (Lipinski definition) is 0. The van der Waals surface area contributed by atoms with Gasteiger partial charge in [-0.3, -0.25) is 4.79 Å². The highest BCUT2D eigenvalue weighted by molar-refractivity contribution is 5.93. The lowest BCUT2D eigenvalue weighted by molar-refractivity contribution is 0.0773. The van der Waals surface area contributed by atoms with E-state index in [1.165, 1.54) is 18.4 Å². The van der Waals surface area contributed by atoms with Gasteiger partial charge in [-0.1, -0.05) is 0 Å². The van der Waals surface area contributed by atoms with Crippen molar-refractivity contribution in [2.45, 2.75) is 0 Å². The third kappa shape index (κ3) is 1.95. The summed E-state index contributed by atoms with van der Waals surface area (Å²) in [7, 11) is 2.12. The van der Waals surface area contributed by atoms with Crippen LogP contribution < -0.4 is 5.63 Å². The van der Waals surface area contributed by atoms with Crippen LogP contribution in [-0.2, 0) is 0 Å². The zero-order valence-corrected chi connectivity index (χ0v) is 10.3. The summed E-state index contributed by atoms with van der Waals surface area (Å²) in [5.41, 5.74) is 0.0365. The summed E-state index contributed by atoms with van der Waals surface area (Å²) < 4.78 is 4.74. The van der Waals surface area contributed by atoms with Crippen molar-refractivity contribution >= 4 is 5.91 Å². The molecule has 1 amide bonds. The van der Waals surface area contributed by atoms with Crippen molar-refractivity contribution in [2.75, 3.05) is 33.2 Å². The first-order chi connectivity index (χ1) is 8.63. The molecule has 0 spiro atoms. The van der Waals surface area contributed by atoms with E-state index in [2.05, 4.69) is 11.9 Å².